The molecular weight excluding hydrogens is 1530 g/mol. The highest BCUT2D eigenvalue weighted by Crippen LogP contribution is 2.21. The van der Waals surface area contributed by atoms with E-state index in [9.17, 15) is 127 Å². The Morgan fingerprint density at radius 3 is 1.34 bits per heavy atom. The molecule has 14 amide bonds. The van der Waals surface area contributed by atoms with Gasteiger partial charge in [-0.2, -0.15) is 0 Å². The molecule has 18 atom stereocenters. The molecule has 45 heteroatoms. The SMILES string of the molecule is CC(C)C[C@H](NC(=O)[C@H](CC(C)C)NC(=O)[C@@H](NC(=O)[C@H](CC(=O)O)NC(=O)[C@H](C)NC(=O)[C@@H]([NH3+])CC(=O)O)[C@@H](C)O)C(=O)N[C@@H](Cc1cnc[nH]1)C(=O)N[C@@H](Cc1ccccc1)C(=O)N[C@@H](C)C(=O)N[C@H](C(=O)N[C@@H](CCC(=O)O)C(=O)N[C@@H](CO)C(=O)N[C@H](C(=O)N1CCC[C@H]1C(=O)N[C@@H](CC(=O)O)C(=O)O)[C@@H](C)O)[C@@H](C)O. The number of H-pyrrole nitrogens is 1. The Morgan fingerprint density at radius 2 is 0.861 bits per heavy atom. The molecule has 2 heterocycles. The molecule has 0 spiro atoms. The fourth-order valence-electron chi connectivity index (χ4n) is 11.5. The summed E-state index contributed by atoms with van der Waals surface area (Å²) in [5.74, 6) is -24.7. The molecule has 1 saturated heterocycles. The van der Waals surface area contributed by atoms with Gasteiger partial charge in [0.2, 0.25) is 76.8 Å². The van der Waals surface area contributed by atoms with Gasteiger partial charge in [-0.3, -0.25) is 86.3 Å². The molecule has 1 fully saturated rings. The third-order valence-electron chi connectivity index (χ3n) is 17.6. The van der Waals surface area contributed by atoms with Crippen LogP contribution in [-0.2, 0) is 104 Å². The van der Waals surface area contributed by atoms with E-state index in [1.165, 1.54) is 12.5 Å². The lowest BCUT2D eigenvalue weighted by atomic mass is 9.99. The van der Waals surface area contributed by atoms with Gasteiger partial charge in [-0.15, -0.1) is 0 Å². The Hall–Kier alpha value is -11.8. The number of nitrogens with zero attached hydrogens (tertiary/aromatic N) is 2. The lowest BCUT2D eigenvalue weighted by molar-refractivity contribution is -0.403. The molecule has 2 aromatic rings. The zero-order valence-electron chi connectivity index (χ0n) is 64.7. The van der Waals surface area contributed by atoms with Gasteiger partial charge in [-0.25, -0.2) is 9.78 Å². The van der Waals surface area contributed by atoms with Crippen LogP contribution in [0.1, 0.15) is 131 Å². The number of benzene rings is 1. The van der Waals surface area contributed by atoms with Crippen molar-refractivity contribution in [2.75, 3.05) is 13.2 Å². The largest absolute Gasteiger partial charge is 0.481 e. The number of aromatic nitrogens is 2. The van der Waals surface area contributed by atoms with E-state index in [0.29, 0.717) is 5.56 Å². The summed E-state index contributed by atoms with van der Waals surface area (Å²) in [5, 5.41) is 119. The van der Waals surface area contributed by atoms with Crippen LogP contribution in [0.4, 0.5) is 0 Å². The van der Waals surface area contributed by atoms with E-state index in [2.05, 4.69) is 79.5 Å². The average molecular weight is 1630 g/mol. The number of hydrogen-bond donors (Lipinski definition) is 24. The summed E-state index contributed by atoms with van der Waals surface area (Å²) in [6.07, 6.45) is -8.07. The number of quaternary nitrogens is 1. The fourth-order valence-corrected chi connectivity index (χ4v) is 11.5. The number of amides is 14. The number of aromatic amines is 1. The minimum absolute atomic E-state index is 0.0607. The molecule has 1 aliphatic rings. The van der Waals surface area contributed by atoms with Crippen LogP contribution >= 0.6 is 0 Å². The first-order valence-corrected chi connectivity index (χ1v) is 36.6. The molecule has 0 radical (unpaired) electrons. The van der Waals surface area contributed by atoms with Gasteiger partial charge in [-0.1, -0.05) is 58.0 Å². The van der Waals surface area contributed by atoms with Crippen LogP contribution in [0.15, 0.2) is 42.9 Å². The molecule has 0 unspecified atom stereocenters. The first-order valence-electron chi connectivity index (χ1n) is 36.6. The zero-order valence-corrected chi connectivity index (χ0v) is 64.7. The number of aliphatic hydroxyl groups is 4. The number of aliphatic carboxylic acids is 5. The molecule has 3 rings (SSSR count). The number of carboxylic acids is 5. The van der Waals surface area contributed by atoms with Crippen molar-refractivity contribution in [1.82, 2.24) is 84.0 Å². The van der Waals surface area contributed by atoms with E-state index in [0.717, 1.165) is 39.5 Å². The van der Waals surface area contributed by atoms with Crippen molar-refractivity contribution in [2.24, 2.45) is 11.8 Å². The highest BCUT2D eigenvalue weighted by molar-refractivity contribution is 6.01. The predicted octanol–water partition coefficient (Wildman–Crippen LogP) is -9.26. The lowest BCUT2D eigenvalue weighted by Crippen LogP contribution is -2.69. The van der Waals surface area contributed by atoms with E-state index in [1.807, 2.05) is 5.32 Å². The predicted molar refractivity (Wildman–Crippen MR) is 393 cm³/mol. The van der Waals surface area contributed by atoms with Crippen molar-refractivity contribution in [3.8, 4) is 0 Å². The van der Waals surface area contributed by atoms with Crippen molar-refractivity contribution < 1.29 is 143 Å². The summed E-state index contributed by atoms with van der Waals surface area (Å²) in [5.41, 5.74) is 4.11. The molecule has 0 aliphatic carbocycles. The standard InChI is InChI=1S/C70H105N17O28/c1-30(2)20-41(78-62(106)42(21-31(3)4)81-68(112)54(35(8)90)85-64(108)45(25-51(96)97)77-56(100)32(5)74-58(102)39(71)24-50(94)95)61(105)80-44(23-38-27-72-29-73-38)63(107)79-43(22-37-14-11-10-12-15-37)60(104)75-33(6)57(101)84-53(34(7)89)67(111)76-40(17-18-49(92)93)59(103)83-47(28-88)65(109)86-55(36(9)91)69(113)87-19-13-16-48(87)66(110)82-46(70(114)115)26-52(98)99/h10-12,14-15,27,29-36,39-48,53-55,88-91H,13,16-26,28,71H2,1-9H3,(H,72,73)(H,74,102)(H,75,104)(H,76,111)(H,77,100)(H,78,106)(H,79,107)(H,80,105)(H,81,112)(H,82,110)(H,83,103)(H,84,101)(H,85,108)(H,86,109)(H,92,93)(H,94,95)(H,96,97)(H,98,99)(H,114,115)/p+1/t32-,33-,34+,35+,36+,39-,40-,41-,42-,43-,44-,45-,46-,47-,48-,53-,54-,55-/m0/s1. The highest BCUT2D eigenvalue weighted by atomic mass is 16.4. The molecule has 115 heavy (non-hydrogen) atoms. The number of imidazole rings is 1. The summed E-state index contributed by atoms with van der Waals surface area (Å²) < 4.78 is 0. The minimum Gasteiger partial charge on any atom is -0.481 e. The van der Waals surface area contributed by atoms with Gasteiger partial charge in [0, 0.05) is 37.7 Å². The van der Waals surface area contributed by atoms with Crippen LogP contribution in [0.2, 0.25) is 0 Å². The van der Waals surface area contributed by atoms with Crippen LogP contribution in [0.25, 0.3) is 0 Å². The quantitative estimate of drug-likeness (QED) is 0.0292. The van der Waals surface area contributed by atoms with E-state index in [-0.39, 0.29) is 56.7 Å². The Kier molecular flexibility index (Phi) is 39.8. The van der Waals surface area contributed by atoms with Gasteiger partial charge in [0.15, 0.2) is 6.04 Å². The van der Waals surface area contributed by atoms with Crippen LogP contribution in [-0.4, -0.2) is 295 Å². The first kappa shape index (κ1) is 97.4. The van der Waals surface area contributed by atoms with Crippen molar-refractivity contribution in [3.63, 3.8) is 0 Å². The zero-order chi connectivity index (χ0) is 87.0. The molecule has 1 aromatic heterocycles. The number of nitrogens with one attached hydrogen (secondary N) is 14. The van der Waals surface area contributed by atoms with Crippen LogP contribution in [0.3, 0.4) is 0 Å². The summed E-state index contributed by atoms with van der Waals surface area (Å²) in [6.45, 7) is 10.7. The van der Waals surface area contributed by atoms with E-state index in [4.69, 9.17) is 10.2 Å². The third kappa shape index (κ3) is 33.0. The maximum absolute atomic E-state index is 14.7. The molecule has 26 N–H and O–H groups in total. The molecule has 1 aliphatic heterocycles. The number of likely N-dealkylation sites (tertiary alicyclic amines) is 1. The molecule has 638 valence electrons. The van der Waals surface area contributed by atoms with Crippen molar-refractivity contribution in [1.29, 1.82) is 0 Å². The second kappa shape index (κ2) is 47.0. The topological polar surface area (TPSA) is 722 Å². The Bertz CT molecular complexity index is 3770. The van der Waals surface area contributed by atoms with Crippen LogP contribution in [0, 0.1) is 11.8 Å². The number of carboxylic acid groups (broad SMARTS) is 5. The van der Waals surface area contributed by atoms with Crippen molar-refractivity contribution >= 4 is 113 Å². The number of hydrogen-bond acceptors (Lipinski definition) is 24. The normalized spacial score (nSPS) is 17.0. The van der Waals surface area contributed by atoms with Gasteiger partial charge in [0.05, 0.1) is 44.1 Å². The minimum atomic E-state index is -2.04. The Balaban J connectivity index is 1.88. The summed E-state index contributed by atoms with van der Waals surface area (Å²) in [4.78, 5) is 260. The van der Waals surface area contributed by atoms with Gasteiger partial charge < -0.3 is 131 Å². The average Bonchev–Trinajstić information content (AvgIpc) is 1.74. The summed E-state index contributed by atoms with van der Waals surface area (Å²) in [6, 6.07) is -17.9. The van der Waals surface area contributed by atoms with Crippen molar-refractivity contribution in [3.05, 3.63) is 54.1 Å². The van der Waals surface area contributed by atoms with E-state index in [1.54, 1.807) is 58.0 Å². The summed E-state index contributed by atoms with van der Waals surface area (Å²) in [7, 11) is 0. The number of carbonyl (C=O) groups excluding carboxylic acids is 14. The number of carbonyl (C=O) groups is 19. The maximum Gasteiger partial charge on any atom is 0.326 e. The molecular formula is C70H106N17O28+. The molecule has 1 aromatic carbocycles. The van der Waals surface area contributed by atoms with E-state index >= 15 is 0 Å². The lowest BCUT2D eigenvalue weighted by Gasteiger charge is -2.31. The van der Waals surface area contributed by atoms with E-state index < -0.39 is 266 Å². The Labute approximate surface area is 658 Å². The number of rotatable bonds is 49. The van der Waals surface area contributed by atoms with Crippen molar-refractivity contribution in [2.45, 2.75) is 242 Å². The number of aliphatic hydroxyl groups excluding tert-OH is 4. The smallest absolute Gasteiger partial charge is 0.326 e. The first-order chi connectivity index (χ1) is 53.7. The Morgan fingerprint density at radius 1 is 0.452 bits per heavy atom. The maximum atomic E-state index is 14.7. The molecule has 0 saturated carbocycles. The monoisotopic (exact) mass is 1630 g/mol. The summed E-state index contributed by atoms with van der Waals surface area (Å²) >= 11 is 0. The fraction of sp³-hybridized carbons (Fsp3) is 0.600. The molecule has 0 bridgehead atoms. The van der Waals surface area contributed by atoms with Gasteiger partial charge in [-0.05, 0) is 84.1 Å². The molecule has 45 nitrogen and oxygen atoms in total. The highest BCUT2D eigenvalue weighted by Gasteiger charge is 2.43. The second-order valence-corrected chi connectivity index (χ2v) is 28.5. The second-order valence-electron chi connectivity index (χ2n) is 28.5. The van der Waals surface area contributed by atoms with Gasteiger partial charge >= 0.3 is 29.8 Å². The van der Waals surface area contributed by atoms with Gasteiger partial charge in [0.25, 0.3) is 5.91 Å². The van der Waals surface area contributed by atoms with Crippen LogP contribution in [0.5, 0.6) is 0 Å². The third-order valence-corrected chi connectivity index (χ3v) is 17.6. The van der Waals surface area contributed by atoms with Gasteiger partial charge in [0.1, 0.15) is 91.0 Å². The van der Waals surface area contributed by atoms with Crippen LogP contribution < -0.4 is 74.9 Å².